The third-order valence-electron chi connectivity index (χ3n) is 4.62. The fourth-order valence-electron chi connectivity index (χ4n) is 3.42. The minimum atomic E-state index is -0.454. The van der Waals surface area contributed by atoms with Gasteiger partial charge in [-0.15, -0.1) is 0 Å². The highest BCUT2D eigenvalue weighted by atomic mass is 16.1. The summed E-state index contributed by atoms with van der Waals surface area (Å²) in [5.74, 6) is -0.352. The summed E-state index contributed by atoms with van der Waals surface area (Å²) in [4.78, 5) is 23.8. The van der Waals surface area contributed by atoms with E-state index in [1.165, 1.54) is 6.07 Å². The number of pyridine rings is 1. The van der Waals surface area contributed by atoms with E-state index in [0.29, 0.717) is 5.56 Å². The molecule has 2 unspecified atom stereocenters. The summed E-state index contributed by atoms with van der Waals surface area (Å²) in [6, 6.07) is 10.4. The molecule has 1 saturated carbocycles. The van der Waals surface area contributed by atoms with E-state index >= 15 is 0 Å². The van der Waals surface area contributed by atoms with Crippen LogP contribution in [0, 0.1) is 0 Å². The second-order valence-electron chi connectivity index (χ2n) is 6.10. The van der Waals surface area contributed by atoms with Crippen LogP contribution in [0.4, 0.5) is 0 Å². The molecule has 4 N–H and O–H groups in total. The number of benzene rings is 1. The first-order valence-electron chi connectivity index (χ1n) is 7.95. The van der Waals surface area contributed by atoms with Crippen molar-refractivity contribution in [1.29, 1.82) is 0 Å². The van der Waals surface area contributed by atoms with Crippen LogP contribution in [0.1, 0.15) is 47.5 Å². The smallest absolute Gasteiger partial charge is 0.255 e. The van der Waals surface area contributed by atoms with Crippen molar-refractivity contribution in [1.82, 2.24) is 4.57 Å². The van der Waals surface area contributed by atoms with E-state index in [1.54, 1.807) is 35.0 Å². The van der Waals surface area contributed by atoms with Crippen molar-refractivity contribution in [2.24, 2.45) is 11.5 Å². The van der Waals surface area contributed by atoms with Crippen LogP contribution in [0.25, 0.3) is 5.69 Å². The summed E-state index contributed by atoms with van der Waals surface area (Å²) < 4.78 is 1.56. The van der Waals surface area contributed by atoms with E-state index in [0.717, 1.165) is 36.9 Å². The highest BCUT2D eigenvalue weighted by molar-refractivity contribution is 5.94. The zero-order valence-corrected chi connectivity index (χ0v) is 12.9. The Labute approximate surface area is 134 Å². The van der Waals surface area contributed by atoms with Gasteiger partial charge in [0.1, 0.15) is 0 Å². The van der Waals surface area contributed by atoms with Crippen LogP contribution in [0.3, 0.4) is 0 Å². The number of carbonyl (C=O) groups excluding carboxylic acids is 1. The number of nitrogens with two attached hydrogens (primary N) is 2. The molecule has 1 aliphatic carbocycles. The average molecular weight is 311 g/mol. The van der Waals surface area contributed by atoms with Crippen molar-refractivity contribution in [3.63, 3.8) is 0 Å². The number of aromatic nitrogens is 1. The quantitative estimate of drug-likeness (QED) is 0.907. The predicted molar refractivity (Wildman–Crippen MR) is 89.7 cm³/mol. The van der Waals surface area contributed by atoms with Gasteiger partial charge in [-0.3, -0.25) is 14.2 Å². The lowest BCUT2D eigenvalue weighted by atomic mass is 9.78. The Bertz CT molecular complexity index is 782. The summed E-state index contributed by atoms with van der Waals surface area (Å²) in [5.41, 5.74) is 13.8. The fourth-order valence-corrected chi connectivity index (χ4v) is 3.42. The molecule has 1 aromatic carbocycles. The summed E-state index contributed by atoms with van der Waals surface area (Å²) >= 11 is 0. The molecule has 0 saturated heterocycles. The molecule has 1 aliphatic rings. The van der Waals surface area contributed by atoms with Crippen molar-refractivity contribution in [2.75, 3.05) is 0 Å². The molecule has 1 aromatic heterocycles. The molecule has 3 rings (SSSR count). The van der Waals surface area contributed by atoms with Crippen LogP contribution < -0.4 is 17.0 Å². The van der Waals surface area contributed by atoms with Gasteiger partial charge in [0.15, 0.2) is 0 Å². The maximum Gasteiger partial charge on any atom is 0.255 e. The zero-order valence-electron chi connectivity index (χ0n) is 12.9. The van der Waals surface area contributed by atoms with E-state index in [4.69, 9.17) is 11.5 Å². The number of amides is 1. The Morgan fingerprint density at radius 1 is 1.13 bits per heavy atom. The number of primary amides is 1. The van der Waals surface area contributed by atoms with Crippen molar-refractivity contribution in [3.05, 3.63) is 64.1 Å². The molecule has 0 spiro atoms. The summed E-state index contributed by atoms with van der Waals surface area (Å²) in [6.07, 6.45) is 5.80. The Morgan fingerprint density at radius 2 is 1.91 bits per heavy atom. The van der Waals surface area contributed by atoms with Crippen LogP contribution in [-0.4, -0.2) is 16.5 Å². The molecule has 0 bridgehead atoms. The van der Waals surface area contributed by atoms with Gasteiger partial charge in [0.2, 0.25) is 5.91 Å². The van der Waals surface area contributed by atoms with Crippen LogP contribution in [0.15, 0.2) is 47.4 Å². The van der Waals surface area contributed by atoms with Gasteiger partial charge in [-0.05, 0) is 48.6 Å². The average Bonchev–Trinajstić information content (AvgIpc) is 2.55. The molecule has 2 aromatic rings. The number of hydrogen-bond acceptors (Lipinski definition) is 3. The molecule has 1 amide bonds. The zero-order chi connectivity index (χ0) is 16.4. The van der Waals surface area contributed by atoms with Crippen molar-refractivity contribution in [3.8, 4) is 5.69 Å². The van der Waals surface area contributed by atoms with Gasteiger partial charge in [-0.2, -0.15) is 0 Å². The largest absolute Gasteiger partial charge is 0.366 e. The number of hydrogen-bond donors (Lipinski definition) is 2. The first-order valence-corrected chi connectivity index (χ1v) is 7.95. The molecule has 2 atom stereocenters. The normalized spacial score (nSPS) is 21.1. The van der Waals surface area contributed by atoms with E-state index in [2.05, 4.69) is 0 Å². The molecule has 0 radical (unpaired) electrons. The van der Waals surface area contributed by atoms with Crippen LogP contribution in [0.5, 0.6) is 0 Å². The molecule has 0 aliphatic heterocycles. The van der Waals surface area contributed by atoms with Crippen LogP contribution in [0.2, 0.25) is 0 Å². The monoisotopic (exact) mass is 311 g/mol. The first kappa shape index (κ1) is 15.5. The van der Waals surface area contributed by atoms with Gasteiger partial charge in [0.25, 0.3) is 5.56 Å². The first-order chi connectivity index (χ1) is 11.1. The molecule has 23 heavy (non-hydrogen) atoms. The summed E-state index contributed by atoms with van der Waals surface area (Å²) in [7, 11) is 0. The SMILES string of the molecule is NC(=O)c1ccc(-n2ccccc2=O)cc1C1CCCCC1N. The molecular weight excluding hydrogens is 290 g/mol. The maximum atomic E-state index is 12.0. The number of rotatable bonds is 3. The minimum absolute atomic E-state index is 0.0181. The van der Waals surface area contributed by atoms with Crippen LogP contribution >= 0.6 is 0 Å². The molecule has 5 nitrogen and oxygen atoms in total. The number of carbonyl (C=O) groups is 1. The maximum absolute atomic E-state index is 12.0. The van der Waals surface area contributed by atoms with E-state index in [-0.39, 0.29) is 17.5 Å². The third-order valence-corrected chi connectivity index (χ3v) is 4.62. The van der Waals surface area contributed by atoms with Gasteiger partial charge in [0, 0.05) is 29.6 Å². The lowest BCUT2D eigenvalue weighted by Gasteiger charge is -2.30. The Morgan fingerprint density at radius 3 is 2.61 bits per heavy atom. The second-order valence-corrected chi connectivity index (χ2v) is 6.10. The Balaban J connectivity index is 2.12. The topological polar surface area (TPSA) is 91.1 Å². The lowest BCUT2D eigenvalue weighted by Crippen LogP contribution is -2.33. The van der Waals surface area contributed by atoms with Gasteiger partial charge in [0.05, 0.1) is 0 Å². The lowest BCUT2D eigenvalue weighted by molar-refractivity contribution is 0.0998. The van der Waals surface area contributed by atoms with Gasteiger partial charge in [-0.1, -0.05) is 18.9 Å². The second kappa shape index (κ2) is 6.38. The summed E-state index contributed by atoms with van der Waals surface area (Å²) in [6.45, 7) is 0. The van der Waals surface area contributed by atoms with E-state index in [9.17, 15) is 9.59 Å². The standard InChI is InChI=1S/C18H21N3O2/c19-16-6-2-1-5-13(16)15-11-12(8-9-14(15)18(20)23)21-10-4-3-7-17(21)22/h3-4,7-11,13,16H,1-2,5-6,19H2,(H2,20,23). The minimum Gasteiger partial charge on any atom is -0.366 e. The molecule has 5 heteroatoms. The molecule has 1 heterocycles. The van der Waals surface area contributed by atoms with Gasteiger partial charge < -0.3 is 11.5 Å². The highest BCUT2D eigenvalue weighted by Crippen LogP contribution is 2.34. The highest BCUT2D eigenvalue weighted by Gasteiger charge is 2.27. The van der Waals surface area contributed by atoms with E-state index in [1.807, 2.05) is 6.07 Å². The molecule has 120 valence electrons. The molecular formula is C18H21N3O2. The third kappa shape index (κ3) is 3.05. The van der Waals surface area contributed by atoms with Crippen molar-refractivity contribution in [2.45, 2.75) is 37.6 Å². The van der Waals surface area contributed by atoms with Gasteiger partial charge >= 0.3 is 0 Å². The Kier molecular flexibility index (Phi) is 4.30. The van der Waals surface area contributed by atoms with Crippen molar-refractivity contribution < 1.29 is 4.79 Å². The van der Waals surface area contributed by atoms with Gasteiger partial charge in [-0.25, -0.2) is 0 Å². The molecule has 1 fully saturated rings. The van der Waals surface area contributed by atoms with E-state index < -0.39 is 5.91 Å². The summed E-state index contributed by atoms with van der Waals surface area (Å²) in [5, 5.41) is 0. The Hall–Kier alpha value is -2.40. The fraction of sp³-hybridized carbons (Fsp3) is 0.333. The predicted octanol–water partition coefficient (Wildman–Crippen LogP) is 1.92. The van der Waals surface area contributed by atoms with Crippen LogP contribution in [-0.2, 0) is 0 Å². The number of nitrogens with zero attached hydrogens (tertiary/aromatic N) is 1. The van der Waals surface area contributed by atoms with Crippen molar-refractivity contribution >= 4 is 5.91 Å².